The Morgan fingerprint density at radius 1 is 1.05 bits per heavy atom. The first-order valence-electron chi connectivity index (χ1n) is 6.22. The number of amides is 1. The van der Waals surface area contributed by atoms with Gasteiger partial charge in [-0.15, -0.1) is 18.3 Å². The number of rotatable bonds is 2. The number of hydrogen-bond donors (Lipinski definition) is 0. The normalized spacial score (nSPS) is 17.4. The van der Waals surface area contributed by atoms with Crippen molar-refractivity contribution in [2.24, 2.45) is 0 Å². The molecule has 0 aromatic heterocycles. The molecule has 0 bridgehead atoms. The van der Waals surface area contributed by atoms with Gasteiger partial charge < -0.3 is 11.8 Å². The Balaban J connectivity index is 0.00000147. The quantitative estimate of drug-likeness (QED) is 0.601. The minimum Gasteiger partial charge on any atom is -0.341 e. The molecule has 2 aromatic rings. The summed E-state index contributed by atoms with van der Waals surface area (Å²) in [7, 11) is 0. The Labute approximate surface area is 166 Å². The molecule has 4 heteroatoms. The van der Waals surface area contributed by atoms with Gasteiger partial charge >= 0.3 is 51.4 Å². The Morgan fingerprint density at radius 3 is 2.40 bits per heavy atom. The molecule has 1 amide bonds. The van der Waals surface area contributed by atoms with Crippen molar-refractivity contribution < 1.29 is 56.2 Å². The molecule has 2 aromatic carbocycles. The monoisotopic (exact) mass is 307 g/mol. The molecule has 1 heterocycles. The van der Waals surface area contributed by atoms with Crippen molar-refractivity contribution in [3.05, 3.63) is 67.1 Å². The van der Waals surface area contributed by atoms with Crippen molar-refractivity contribution in [3.63, 3.8) is 0 Å². The van der Waals surface area contributed by atoms with Gasteiger partial charge in [-0.05, 0) is 17.7 Å². The summed E-state index contributed by atoms with van der Waals surface area (Å²) >= 11 is 1.62. The summed E-state index contributed by atoms with van der Waals surface area (Å²) in [4.78, 5) is 15.5. The third kappa shape index (κ3) is 3.05. The van der Waals surface area contributed by atoms with Gasteiger partial charge in [-0.2, -0.15) is 0 Å². The maximum atomic E-state index is 12.6. The van der Waals surface area contributed by atoms with Crippen LogP contribution in [0.3, 0.4) is 0 Å². The van der Waals surface area contributed by atoms with E-state index in [2.05, 4.69) is 13.0 Å². The Morgan fingerprint density at radius 2 is 1.70 bits per heavy atom. The topological polar surface area (TPSA) is 20.3 Å². The Hall–Kier alpha value is -0.104. The average Bonchev–Trinajstić information content (AvgIpc) is 2.47. The van der Waals surface area contributed by atoms with Gasteiger partial charge in [0.1, 0.15) is 5.25 Å². The van der Waals surface area contributed by atoms with Gasteiger partial charge in [-0.1, -0.05) is 42.5 Å². The van der Waals surface area contributed by atoms with Crippen molar-refractivity contribution in [2.45, 2.75) is 10.1 Å². The van der Waals surface area contributed by atoms with Crippen LogP contribution in [0.4, 0.5) is 5.69 Å². The van der Waals surface area contributed by atoms with E-state index in [1.807, 2.05) is 48.5 Å². The van der Waals surface area contributed by atoms with E-state index in [9.17, 15) is 4.79 Å². The number of benzene rings is 2. The minimum absolute atomic E-state index is 0. The second-order valence-corrected chi connectivity index (χ2v) is 5.51. The number of carbonyl (C=O) groups excluding carboxylic acids is 1. The van der Waals surface area contributed by atoms with Crippen molar-refractivity contribution in [2.75, 3.05) is 11.4 Å². The molecule has 1 atom stereocenters. The van der Waals surface area contributed by atoms with Crippen LogP contribution in [0.15, 0.2) is 59.5 Å². The first-order chi connectivity index (χ1) is 9.31. The standard InChI is InChI=1S/C16H14NOS.K/c1-2-17-13-10-6-7-11-14(13)19-15(16(17)18)12-8-4-3-5-9-12;/h3-11,15H,1-2H2;/q-1;+1. The molecule has 1 aliphatic rings. The number of thioether (sulfide) groups is 1. The number of fused-ring (bicyclic) bond motifs is 1. The summed E-state index contributed by atoms with van der Waals surface area (Å²) in [6.45, 7) is 4.34. The van der Waals surface area contributed by atoms with E-state index in [1.54, 1.807) is 16.7 Å². The molecular weight excluding hydrogens is 293 g/mol. The fourth-order valence-electron chi connectivity index (χ4n) is 2.29. The van der Waals surface area contributed by atoms with Gasteiger partial charge in [-0.3, -0.25) is 4.79 Å². The van der Waals surface area contributed by atoms with Gasteiger partial charge in [0.15, 0.2) is 0 Å². The van der Waals surface area contributed by atoms with Crippen LogP contribution in [0.5, 0.6) is 0 Å². The second-order valence-electron chi connectivity index (χ2n) is 4.37. The van der Waals surface area contributed by atoms with E-state index >= 15 is 0 Å². The summed E-state index contributed by atoms with van der Waals surface area (Å²) in [5.41, 5.74) is 2.02. The number of hydrogen-bond acceptors (Lipinski definition) is 2. The molecule has 0 aliphatic carbocycles. The SMILES string of the molecule is [CH2-]CN1C(=O)C(c2ccccc2)Sc2ccccc21.[K+]. The van der Waals surface area contributed by atoms with E-state index in [4.69, 9.17) is 0 Å². The van der Waals surface area contributed by atoms with Gasteiger partial charge in [0.25, 0.3) is 0 Å². The molecule has 1 unspecified atom stereocenters. The van der Waals surface area contributed by atoms with Gasteiger partial charge in [0, 0.05) is 4.90 Å². The third-order valence-corrected chi connectivity index (χ3v) is 4.53. The summed E-state index contributed by atoms with van der Waals surface area (Å²) in [5, 5.41) is -0.169. The largest absolute Gasteiger partial charge is 1.00 e. The molecule has 0 saturated heterocycles. The maximum absolute atomic E-state index is 12.6. The molecule has 0 radical (unpaired) electrons. The zero-order valence-electron chi connectivity index (χ0n) is 11.5. The number of carbonyl (C=O) groups is 1. The number of anilines is 1. The fraction of sp³-hybridized carbons (Fsp3) is 0.125. The fourth-order valence-corrected chi connectivity index (χ4v) is 3.52. The van der Waals surface area contributed by atoms with Crippen LogP contribution in [0, 0.1) is 6.92 Å². The average molecular weight is 307 g/mol. The molecule has 0 fully saturated rings. The van der Waals surface area contributed by atoms with Crippen molar-refractivity contribution in [3.8, 4) is 0 Å². The molecule has 0 N–H and O–H groups in total. The second kappa shape index (κ2) is 7.25. The van der Waals surface area contributed by atoms with Crippen LogP contribution in [-0.2, 0) is 4.79 Å². The van der Waals surface area contributed by atoms with Crippen LogP contribution < -0.4 is 56.3 Å². The van der Waals surface area contributed by atoms with Crippen LogP contribution in [0.1, 0.15) is 10.8 Å². The van der Waals surface area contributed by atoms with E-state index in [1.165, 1.54) is 0 Å². The number of para-hydroxylation sites is 1. The molecule has 20 heavy (non-hydrogen) atoms. The smallest absolute Gasteiger partial charge is 0.341 e. The zero-order valence-corrected chi connectivity index (χ0v) is 15.4. The molecule has 96 valence electrons. The summed E-state index contributed by atoms with van der Waals surface area (Å²) < 4.78 is 0. The molecule has 2 nitrogen and oxygen atoms in total. The summed E-state index contributed by atoms with van der Waals surface area (Å²) in [5.74, 6) is 0.116. The van der Waals surface area contributed by atoms with Crippen molar-refractivity contribution in [1.82, 2.24) is 0 Å². The van der Waals surface area contributed by atoms with E-state index in [0.717, 1.165) is 16.1 Å². The zero-order chi connectivity index (χ0) is 13.2. The number of nitrogens with zero attached hydrogens (tertiary/aromatic N) is 1. The van der Waals surface area contributed by atoms with Crippen LogP contribution in [0.25, 0.3) is 0 Å². The predicted molar refractivity (Wildman–Crippen MR) is 79.2 cm³/mol. The Kier molecular flexibility index (Phi) is 5.90. The summed E-state index contributed by atoms with van der Waals surface area (Å²) in [6, 6.07) is 17.9. The molecule has 0 saturated carbocycles. The van der Waals surface area contributed by atoms with E-state index in [0.29, 0.717) is 6.54 Å². The van der Waals surface area contributed by atoms with E-state index < -0.39 is 0 Å². The third-order valence-electron chi connectivity index (χ3n) is 3.22. The van der Waals surface area contributed by atoms with Crippen LogP contribution in [0.2, 0.25) is 0 Å². The Bertz CT molecular complexity index is 602. The van der Waals surface area contributed by atoms with E-state index in [-0.39, 0.29) is 62.5 Å². The predicted octanol–water partition coefficient (Wildman–Crippen LogP) is 0.705. The maximum Gasteiger partial charge on any atom is 1.00 e. The molecular formula is C16H14KNOS. The first kappa shape index (κ1) is 16.3. The summed E-state index contributed by atoms with van der Waals surface area (Å²) in [6.07, 6.45) is 0. The molecule has 0 spiro atoms. The molecule has 1 aliphatic heterocycles. The van der Waals surface area contributed by atoms with Gasteiger partial charge in [-0.25, -0.2) is 0 Å². The van der Waals surface area contributed by atoms with Crippen molar-refractivity contribution >= 4 is 23.4 Å². The van der Waals surface area contributed by atoms with Crippen molar-refractivity contribution in [1.29, 1.82) is 0 Å². The van der Waals surface area contributed by atoms with Gasteiger partial charge in [0.2, 0.25) is 5.91 Å². The minimum atomic E-state index is -0.169. The molecule has 3 rings (SSSR count). The van der Waals surface area contributed by atoms with Crippen LogP contribution >= 0.6 is 11.8 Å². The van der Waals surface area contributed by atoms with Gasteiger partial charge in [0.05, 0.1) is 5.69 Å². The first-order valence-corrected chi connectivity index (χ1v) is 7.10. The van der Waals surface area contributed by atoms with Crippen LogP contribution in [-0.4, -0.2) is 12.5 Å².